The van der Waals surface area contributed by atoms with E-state index in [1.807, 2.05) is 54.6 Å². The van der Waals surface area contributed by atoms with Crippen LogP contribution in [0.4, 0.5) is 10.5 Å². The van der Waals surface area contributed by atoms with Crippen LogP contribution in [0.25, 0.3) is 5.69 Å². The smallest absolute Gasteiger partial charge is 0.410 e. The van der Waals surface area contributed by atoms with Crippen LogP contribution in [0.3, 0.4) is 0 Å². The summed E-state index contributed by atoms with van der Waals surface area (Å²) in [5.74, 6) is 0.0544. The molecule has 0 radical (unpaired) electrons. The molecule has 3 heterocycles. The van der Waals surface area contributed by atoms with Gasteiger partial charge in [-0.1, -0.05) is 29.8 Å². The number of likely N-dealkylation sites (tertiary alicyclic amines) is 1. The molecule has 2 aliphatic heterocycles. The van der Waals surface area contributed by atoms with E-state index in [2.05, 4.69) is 43.0 Å². The molecule has 1 aromatic heterocycles. The van der Waals surface area contributed by atoms with Crippen molar-refractivity contribution in [1.82, 2.24) is 19.6 Å². The van der Waals surface area contributed by atoms with E-state index in [1.54, 1.807) is 11.1 Å². The lowest BCUT2D eigenvalue weighted by Gasteiger charge is -2.41. The predicted molar refractivity (Wildman–Crippen MR) is 162 cm³/mol. The largest absolute Gasteiger partial charge is 0.444 e. The standard InChI is InChI=1S/C32H40ClN5O3/c1-22-8-6-10-26(18-22)37-17-16-36(21-23(37)2)30(39)28-20-34-38(27-11-7-9-25(33)19-27)29(28)24-12-14-35(15-13-24)31(40)41-32(3,4)5/h6-11,18-20,23-24H,12-17,21H2,1-5H3/t23-/m0/s1. The molecule has 41 heavy (non-hydrogen) atoms. The number of aromatic nitrogens is 2. The second-order valence-electron chi connectivity index (χ2n) is 12.2. The number of nitrogens with zero attached hydrogens (tertiary/aromatic N) is 5. The molecule has 0 spiro atoms. The quantitative estimate of drug-likeness (QED) is 0.364. The minimum Gasteiger partial charge on any atom is -0.444 e. The summed E-state index contributed by atoms with van der Waals surface area (Å²) in [6.45, 7) is 13.0. The third-order valence-electron chi connectivity index (χ3n) is 7.87. The highest BCUT2D eigenvalue weighted by Crippen LogP contribution is 2.34. The summed E-state index contributed by atoms with van der Waals surface area (Å²) in [7, 11) is 0. The van der Waals surface area contributed by atoms with E-state index < -0.39 is 5.60 Å². The first kappa shape index (κ1) is 29.0. The molecule has 2 aromatic carbocycles. The minimum atomic E-state index is -0.542. The Morgan fingerprint density at radius 1 is 0.951 bits per heavy atom. The number of amides is 2. The first-order valence-electron chi connectivity index (χ1n) is 14.4. The van der Waals surface area contributed by atoms with Crippen LogP contribution in [0, 0.1) is 6.92 Å². The van der Waals surface area contributed by atoms with Gasteiger partial charge >= 0.3 is 6.09 Å². The van der Waals surface area contributed by atoms with Crippen molar-refractivity contribution >= 4 is 29.3 Å². The van der Waals surface area contributed by atoms with Crippen LogP contribution in [0.15, 0.2) is 54.7 Å². The third kappa shape index (κ3) is 6.53. The van der Waals surface area contributed by atoms with Crippen molar-refractivity contribution < 1.29 is 14.3 Å². The molecule has 3 aromatic rings. The second kappa shape index (κ2) is 11.8. The molecule has 218 valence electrons. The minimum absolute atomic E-state index is 0.00130. The molecule has 2 fully saturated rings. The fourth-order valence-electron chi connectivity index (χ4n) is 5.89. The summed E-state index contributed by atoms with van der Waals surface area (Å²) < 4.78 is 7.46. The Balaban J connectivity index is 1.38. The van der Waals surface area contributed by atoms with Crippen LogP contribution in [0.1, 0.15) is 68.1 Å². The van der Waals surface area contributed by atoms with Crippen LogP contribution in [-0.2, 0) is 4.74 Å². The number of piperidine rings is 1. The van der Waals surface area contributed by atoms with Gasteiger partial charge in [0.25, 0.3) is 5.91 Å². The van der Waals surface area contributed by atoms with Crippen molar-refractivity contribution in [2.75, 3.05) is 37.6 Å². The van der Waals surface area contributed by atoms with Crippen molar-refractivity contribution in [1.29, 1.82) is 0 Å². The number of carbonyl (C=O) groups is 2. The summed E-state index contributed by atoms with van der Waals surface area (Å²) in [6, 6.07) is 16.2. The molecule has 9 heteroatoms. The molecule has 0 bridgehead atoms. The fraction of sp³-hybridized carbons (Fsp3) is 0.469. The number of hydrogen-bond acceptors (Lipinski definition) is 5. The van der Waals surface area contributed by atoms with Gasteiger partial charge in [0.1, 0.15) is 5.60 Å². The lowest BCUT2D eigenvalue weighted by atomic mass is 9.90. The number of anilines is 1. The zero-order chi connectivity index (χ0) is 29.3. The summed E-state index contributed by atoms with van der Waals surface area (Å²) in [5, 5.41) is 5.32. The Hall–Kier alpha value is -3.52. The first-order chi connectivity index (χ1) is 19.5. The molecule has 0 aliphatic carbocycles. The normalized spacial score (nSPS) is 18.5. The lowest BCUT2D eigenvalue weighted by molar-refractivity contribution is 0.0203. The third-order valence-corrected chi connectivity index (χ3v) is 8.11. The lowest BCUT2D eigenvalue weighted by Crippen LogP contribution is -2.54. The topological polar surface area (TPSA) is 70.9 Å². The number of rotatable bonds is 4. The van der Waals surface area contributed by atoms with Crippen LogP contribution < -0.4 is 4.90 Å². The van der Waals surface area contributed by atoms with E-state index >= 15 is 0 Å². The van der Waals surface area contributed by atoms with E-state index in [0.717, 1.165) is 17.9 Å². The number of aryl methyl sites for hydroxylation is 1. The molecule has 0 saturated carbocycles. The number of hydrogen-bond donors (Lipinski definition) is 0. The summed E-state index contributed by atoms with van der Waals surface area (Å²) >= 11 is 6.34. The molecule has 2 saturated heterocycles. The van der Waals surface area contributed by atoms with E-state index in [4.69, 9.17) is 21.4 Å². The van der Waals surface area contributed by atoms with Gasteiger partial charge in [-0.05, 0) is 83.4 Å². The molecule has 0 unspecified atom stereocenters. The average Bonchev–Trinajstić information content (AvgIpc) is 3.37. The molecular weight excluding hydrogens is 538 g/mol. The molecule has 5 rings (SSSR count). The summed E-state index contributed by atoms with van der Waals surface area (Å²) in [4.78, 5) is 32.9. The second-order valence-corrected chi connectivity index (χ2v) is 12.6. The molecule has 8 nitrogen and oxygen atoms in total. The van der Waals surface area contributed by atoms with Crippen molar-refractivity contribution in [2.24, 2.45) is 0 Å². The van der Waals surface area contributed by atoms with Gasteiger partial charge in [-0.15, -0.1) is 0 Å². The molecule has 1 atom stereocenters. The highest BCUT2D eigenvalue weighted by atomic mass is 35.5. The van der Waals surface area contributed by atoms with Gasteiger partial charge in [-0.3, -0.25) is 4.79 Å². The van der Waals surface area contributed by atoms with E-state index in [0.29, 0.717) is 49.6 Å². The van der Waals surface area contributed by atoms with Gasteiger partial charge in [0, 0.05) is 55.4 Å². The molecule has 2 aliphatic rings. The predicted octanol–water partition coefficient (Wildman–Crippen LogP) is 6.30. The van der Waals surface area contributed by atoms with E-state index in [-0.39, 0.29) is 24.0 Å². The van der Waals surface area contributed by atoms with Gasteiger partial charge in [0.15, 0.2) is 0 Å². The molecule has 2 amide bonds. The van der Waals surface area contributed by atoms with Crippen molar-refractivity contribution in [3.63, 3.8) is 0 Å². The van der Waals surface area contributed by atoms with Crippen LogP contribution in [-0.4, -0.2) is 75.9 Å². The monoisotopic (exact) mass is 577 g/mol. The Kier molecular flexibility index (Phi) is 8.32. The van der Waals surface area contributed by atoms with Crippen molar-refractivity contribution in [2.45, 2.75) is 65.0 Å². The SMILES string of the molecule is Cc1cccc(N2CCN(C(=O)c3cnn(-c4cccc(Cl)c4)c3C3CCN(C(=O)OC(C)(C)C)CC3)C[C@@H]2C)c1. The summed E-state index contributed by atoms with van der Waals surface area (Å²) in [5.41, 5.74) is 4.20. The first-order valence-corrected chi connectivity index (χ1v) is 14.8. The van der Waals surface area contributed by atoms with Crippen LogP contribution in [0.5, 0.6) is 0 Å². The highest BCUT2D eigenvalue weighted by Gasteiger charge is 2.35. The highest BCUT2D eigenvalue weighted by molar-refractivity contribution is 6.30. The van der Waals surface area contributed by atoms with Gasteiger partial charge in [0.05, 0.1) is 23.1 Å². The van der Waals surface area contributed by atoms with Crippen molar-refractivity contribution in [3.05, 3.63) is 76.6 Å². The maximum atomic E-state index is 14.1. The summed E-state index contributed by atoms with van der Waals surface area (Å²) in [6.07, 6.45) is 2.83. The molecular formula is C32H40ClN5O3. The van der Waals surface area contributed by atoms with Gasteiger partial charge in [-0.2, -0.15) is 5.10 Å². The van der Waals surface area contributed by atoms with Crippen LogP contribution in [0.2, 0.25) is 5.02 Å². The van der Waals surface area contributed by atoms with E-state index in [1.165, 1.54) is 11.3 Å². The number of benzene rings is 2. The maximum absolute atomic E-state index is 14.1. The zero-order valence-electron chi connectivity index (χ0n) is 24.6. The number of carbonyl (C=O) groups excluding carboxylic acids is 2. The number of halogens is 1. The van der Waals surface area contributed by atoms with E-state index in [9.17, 15) is 9.59 Å². The van der Waals surface area contributed by atoms with Gasteiger partial charge in [0.2, 0.25) is 0 Å². The Morgan fingerprint density at radius 3 is 2.32 bits per heavy atom. The Bertz CT molecular complexity index is 1410. The number of piperazine rings is 1. The van der Waals surface area contributed by atoms with Crippen LogP contribution >= 0.6 is 11.6 Å². The average molecular weight is 578 g/mol. The zero-order valence-corrected chi connectivity index (χ0v) is 25.4. The maximum Gasteiger partial charge on any atom is 0.410 e. The van der Waals surface area contributed by atoms with Crippen molar-refractivity contribution in [3.8, 4) is 5.69 Å². The Morgan fingerprint density at radius 2 is 1.66 bits per heavy atom. The molecule has 0 N–H and O–H groups in total. The van der Waals surface area contributed by atoms with Gasteiger partial charge in [-0.25, -0.2) is 9.48 Å². The van der Waals surface area contributed by atoms with Gasteiger partial charge < -0.3 is 19.4 Å². The fourth-order valence-corrected chi connectivity index (χ4v) is 6.08. The number of ether oxygens (including phenoxy) is 1. The Labute approximate surface area is 247 Å².